The fourth-order valence-electron chi connectivity index (χ4n) is 2.85. The van der Waals surface area contributed by atoms with Crippen LogP contribution < -0.4 is 10.6 Å². The Morgan fingerprint density at radius 2 is 1.59 bits per heavy atom. The third-order valence-corrected chi connectivity index (χ3v) is 6.40. The summed E-state index contributed by atoms with van der Waals surface area (Å²) in [5, 5.41) is 1.25. The standard InChI is InChI=1S/C20H26N4O2S/c1-15(2)27(25,26)23-14-18-5-3-16(4-6-18)13-17-7-9-19(10-8-17)20-22-11-12-24(20)21/h3-10,15,23H,11-14,21H2,1-2H3. The molecule has 0 atom stereocenters. The highest BCUT2D eigenvalue weighted by Gasteiger charge is 2.15. The Morgan fingerprint density at radius 1 is 1.04 bits per heavy atom. The van der Waals surface area contributed by atoms with E-state index in [2.05, 4.69) is 34.0 Å². The second-order valence-electron chi connectivity index (χ2n) is 7.00. The van der Waals surface area contributed by atoms with Crippen LogP contribution in [0.4, 0.5) is 0 Å². The fraction of sp³-hybridized carbons (Fsp3) is 0.350. The number of nitrogens with one attached hydrogen (secondary N) is 1. The van der Waals surface area contributed by atoms with Crippen LogP contribution in [0.25, 0.3) is 0 Å². The van der Waals surface area contributed by atoms with Crippen molar-refractivity contribution in [1.82, 2.24) is 9.73 Å². The summed E-state index contributed by atoms with van der Waals surface area (Å²) in [5.74, 6) is 6.76. The van der Waals surface area contributed by atoms with Gasteiger partial charge in [-0.2, -0.15) is 0 Å². The first-order valence-electron chi connectivity index (χ1n) is 9.07. The number of benzene rings is 2. The number of aliphatic imine (C=N–C) groups is 1. The van der Waals surface area contributed by atoms with Gasteiger partial charge in [0, 0.05) is 12.1 Å². The zero-order valence-corrected chi connectivity index (χ0v) is 16.5. The zero-order valence-electron chi connectivity index (χ0n) is 15.7. The lowest BCUT2D eigenvalue weighted by molar-refractivity contribution is 0.484. The molecule has 1 heterocycles. The normalized spacial score (nSPS) is 14.7. The van der Waals surface area contributed by atoms with Gasteiger partial charge < -0.3 is 0 Å². The maximum absolute atomic E-state index is 11.8. The minimum absolute atomic E-state index is 0.313. The van der Waals surface area contributed by atoms with E-state index in [0.717, 1.165) is 36.5 Å². The van der Waals surface area contributed by atoms with E-state index in [-0.39, 0.29) is 0 Å². The summed E-state index contributed by atoms with van der Waals surface area (Å²) in [6, 6.07) is 16.3. The second kappa shape index (κ2) is 8.21. The summed E-state index contributed by atoms with van der Waals surface area (Å²) in [6.45, 7) is 5.15. The third kappa shape index (κ3) is 4.94. The van der Waals surface area contributed by atoms with Crippen LogP contribution in [0.2, 0.25) is 0 Å². The molecule has 0 saturated heterocycles. The SMILES string of the molecule is CC(C)S(=O)(=O)NCc1ccc(Cc2ccc(C3=NCCN3N)cc2)cc1. The predicted molar refractivity (Wildman–Crippen MR) is 109 cm³/mol. The van der Waals surface area contributed by atoms with Gasteiger partial charge in [0.2, 0.25) is 10.0 Å². The van der Waals surface area contributed by atoms with Crippen LogP contribution >= 0.6 is 0 Å². The largest absolute Gasteiger partial charge is 0.293 e. The Bertz CT molecular complexity index is 904. The van der Waals surface area contributed by atoms with Crippen molar-refractivity contribution < 1.29 is 8.42 Å². The minimum Gasteiger partial charge on any atom is -0.293 e. The molecular weight excluding hydrogens is 360 g/mol. The summed E-state index contributed by atoms with van der Waals surface area (Å²) in [6.07, 6.45) is 0.817. The molecule has 0 fully saturated rings. The van der Waals surface area contributed by atoms with Crippen molar-refractivity contribution in [2.24, 2.45) is 10.8 Å². The van der Waals surface area contributed by atoms with Crippen molar-refractivity contribution in [2.75, 3.05) is 13.1 Å². The Hall–Kier alpha value is -2.22. The van der Waals surface area contributed by atoms with Crippen molar-refractivity contribution in [3.05, 3.63) is 70.8 Å². The fourth-order valence-corrected chi connectivity index (χ4v) is 3.55. The molecule has 3 rings (SSSR count). The van der Waals surface area contributed by atoms with Crippen LogP contribution in [0, 0.1) is 0 Å². The third-order valence-electron chi connectivity index (χ3n) is 4.62. The molecule has 3 N–H and O–H groups in total. The molecule has 0 amide bonds. The highest BCUT2D eigenvalue weighted by atomic mass is 32.2. The van der Waals surface area contributed by atoms with Crippen molar-refractivity contribution in [3.8, 4) is 0 Å². The summed E-state index contributed by atoms with van der Waals surface area (Å²) < 4.78 is 26.3. The van der Waals surface area contributed by atoms with E-state index in [0.29, 0.717) is 6.54 Å². The number of hydrogen-bond donors (Lipinski definition) is 2. The van der Waals surface area contributed by atoms with E-state index in [1.54, 1.807) is 18.9 Å². The van der Waals surface area contributed by atoms with E-state index in [1.165, 1.54) is 11.1 Å². The first-order chi connectivity index (χ1) is 12.8. The van der Waals surface area contributed by atoms with Gasteiger partial charge in [0.1, 0.15) is 5.84 Å². The van der Waals surface area contributed by atoms with Crippen molar-refractivity contribution in [1.29, 1.82) is 0 Å². The number of sulfonamides is 1. The quantitative estimate of drug-likeness (QED) is 0.713. The molecule has 0 radical (unpaired) electrons. The monoisotopic (exact) mass is 386 g/mol. The maximum atomic E-state index is 11.8. The van der Waals surface area contributed by atoms with Crippen molar-refractivity contribution in [3.63, 3.8) is 0 Å². The Balaban J connectivity index is 1.60. The Labute approximate surface area is 161 Å². The molecule has 0 unspecified atom stereocenters. The zero-order chi connectivity index (χ0) is 19.4. The smallest absolute Gasteiger partial charge is 0.214 e. The lowest BCUT2D eigenvalue weighted by atomic mass is 10.0. The average Bonchev–Trinajstić information content (AvgIpc) is 3.08. The molecule has 0 bridgehead atoms. The molecule has 27 heavy (non-hydrogen) atoms. The molecule has 144 valence electrons. The van der Waals surface area contributed by atoms with Gasteiger partial charge in [0.15, 0.2) is 0 Å². The topological polar surface area (TPSA) is 87.8 Å². The predicted octanol–water partition coefficient (Wildman–Crippen LogP) is 2.04. The van der Waals surface area contributed by atoms with Crippen molar-refractivity contribution >= 4 is 15.9 Å². The summed E-state index contributed by atoms with van der Waals surface area (Å²) in [7, 11) is -3.24. The van der Waals surface area contributed by atoms with E-state index in [1.807, 2.05) is 24.3 Å². The van der Waals surface area contributed by atoms with Gasteiger partial charge in [-0.15, -0.1) is 0 Å². The minimum atomic E-state index is -3.24. The molecule has 0 aromatic heterocycles. The first kappa shape index (κ1) is 19.5. The number of hydrogen-bond acceptors (Lipinski definition) is 5. The molecular formula is C20H26N4O2S. The highest BCUT2D eigenvalue weighted by molar-refractivity contribution is 7.90. The number of amidine groups is 1. The van der Waals surface area contributed by atoms with Crippen LogP contribution in [0.1, 0.15) is 36.1 Å². The molecule has 2 aromatic rings. The number of rotatable bonds is 7. The van der Waals surface area contributed by atoms with Gasteiger partial charge >= 0.3 is 0 Å². The molecule has 1 aliphatic heterocycles. The van der Waals surface area contributed by atoms with Gasteiger partial charge in [-0.1, -0.05) is 48.5 Å². The van der Waals surface area contributed by atoms with Crippen LogP contribution in [-0.2, 0) is 23.0 Å². The van der Waals surface area contributed by atoms with E-state index in [9.17, 15) is 8.42 Å². The highest BCUT2D eigenvalue weighted by Crippen LogP contribution is 2.14. The second-order valence-corrected chi connectivity index (χ2v) is 9.33. The number of hydrazine groups is 1. The summed E-state index contributed by atoms with van der Waals surface area (Å²) >= 11 is 0. The van der Waals surface area contributed by atoms with Crippen LogP contribution in [0.15, 0.2) is 53.5 Å². The Kier molecular flexibility index (Phi) is 5.94. The Morgan fingerprint density at radius 3 is 2.11 bits per heavy atom. The van der Waals surface area contributed by atoms with Crippen LogP contribution in [-0.4, -0.2) is 37.6 Å². The van der Waals surface area contributed by atoms with Crippen LogP contribution in [0.3, 0.4) is 0 Å². The van der Waals surface area contributed by atoms with Crippen molar-refractivity contribution in [2.45, 2.75) is 32.1 Å². The summed E-state index contributed by atoms with van der Waals surface area (Å²) in [5.41, 5.74) is 4.36. The number of nitrogens with two attached hydrogens (primary N) is 1. The van der Waals surface area contributed by atoms with Crippen LogP contribution in [0.5, 0.6) is 0 Å². The van der Waals surface area contributed by atoms with Gasteiger partial charge in [0.25, 0.3) is 0 Å². The van der Waals surface area contributed by atoms with E-state index >= 15 is 0 Å². The van der Waals surface area contributed by atoms with Gasteiger partial charge in [0.05, 0.1) is 18.3 Å². The van der Waals surface area contributed by atoms with Gasteiger partial charge in [-0.05, 0) is 37.0 Å². The molecule has 2 aromatic carbocycles. The molecule has 7 heteroatoms. The van der Waals surface area contributed by atoms with E-state index in [4.69, 9.17) is 5.84 Å². The lowest BCUT2D eigenvalue weighted by Crippen LogP contribution is -2.34. The average molecular weight is 387 g/mol. The van der Waals surface area contributed by atoms with Gasteiger partial charge in [-0.3, -0.25) is 10.0 Å². The maximum Gasteiger partial charge on any atom is 0.214 e. The first-order valence-corrected chi connectivity index (χ1v) is 10.6. The molecule has 1 aliphatic rings. The molecule has 6 nitrogen and oxygen atoms in total. The lowest BCUT2D eigenvalue weighted by Gasteiger charge is -2.13. The molecule has 0 saturated carbocycles. The van der Waals surface area contributed by atoms with E-state index < -0.39 is 15.3 Å². The molecule has 0 spiro atoms. The number of nitrogens with zero attached hydrogens (tertiary/aromatic N) is 2. The summed E-state index contributed by atoms with van der Waals surface area (Å²) in [4.78, 5) is 4.42. The van der Waals surface area contributed by atoms with Gasteiger partial charge in [-0.25, -0.2) is 19.0 Å². The molecule has 0 aliphatic carbocycles.